The lowest BCUT2D eigenvalue weighted by Crippen LogP contribution is -2.29. The molecule has 0 aromatic heterocycles. The number of halogens is 2. The predicted octanol–water partition coefficient (Wildman–Crippen LogP) is 3.32. The lowest BCUT2D eigenvalue weighted by molar-refractivity contribution is -0.119. The highest BCUT2D eigenvalue weighted by atomic mass is 79.9. The number of hydrogen-bond donors (Lipinski definition) is 2. The normalized spacial score (nSPS) is 10.1. The molecule has 0 atom stereocenters. The fourth-order valence-electron chi connectivity index (χ4n) is 1.67. The summed E-state index contributed by atoms with van der Waals surface area (Å²) in [6, 6.07) is 14.1. The number of amides is 1. The van der Waals surface area contributed by atoms with Crippen molar-refractivity contribution < 1.29 is 9.18 Å². The van der Waals surface area contributed by atoms with E-state index in [4.69, 9.17) is 0 Å². The summed E-state index contributed by atoms with van der Waals surface area (Å²) in [6.07, 6.45) is 0. The number of benzene rings is 2. The molecule has 0 heterocycles. The number of rotatable bonds is 5. The van der Waals surface area contributed by atoms with Crippen LogP contribution in [0.5, 0.6) is 0 Å². The van der Waals surface area contributed by atoms with Crippen LogP contribution >= 0.6 is 15.9 Å². The maximum atomic E-state index is 13.5. The predicted molar refractivity (Wildman–Crippen MR) is 80.9 cm³/mol. The van der Waals surface area contributed by atoms with E-state index in [1.54, 1.807) is 12.1 Å². The number of anilines is 1. The smallest absolute Gasteiger partial charge is 0.239 e. The van der Waals surface area contributed by atoms with Crippen LogP contribution in [0.2, 0.25) is 0 Å². The van der Waals surface area contributed by atoms with Gasteiger partial charge in [0.2, 0.25) is 5.91 Å². The van der Waals surface area contributed by atoms with Gasteiger partial charge in [-0.05, 0) is 30.3 Å². The lowest BCUT2D eigenvalue weighted by atomic mass is 10.2. The minimum atomic E-state index is -0.329. The number of nitrogens with one attached hydrogen (secondary N) is 2. The Bertz CT molecular complexity index is 590. The zero-order chi connectivity index (χ0) is 14.4. The Labute approximate surface area is 125 Å². The molecule has 0 aliphatic heterocycles. The molecule has 0 unspecified atom stereocenters. The van der Waals surface area contributed by atoms with Gasteiger partial charge in [-0.25, -0.2) is 4.39 Å². The summed E-state index contributed by atoms with van der Waals surface area (Å²) >= 11 is 3.27. The van der Waals surface area contributed by atoms with Crippen molar-refractivity contribution in [3.8, 4) is 0 Å². The summed E-state index contributed by atoms with van der Waals surface area (Å²) in [5.41, 5.74) is 1.32. The Balaban J connectivity index is 1.82. The summed E-state index contributed by atoms with van der Waals surface area (Å²) in [4.78, 5) is 11.7. The van der Waals surface area contributed by atoms with Gasteiger partial charge < -0.3 is 10.6 Å². The van der Waals surface area contributed by atoms with Gasteiger partial charge in [0.1, 0.15) is 5.82 Å². The molecule has 2 N–H and O–H groups in total. The highest BCUT2D eigenvalue weighted by Gasteiger charge is 2.05. The first-order chi connectivity index (χ1) is 9.65. The van der Waals surface area contributed by atoms with Gasteiger partial charge in [0, 0.05) is 22.3 Å². The summed E-state index contributed by atoms with van der Waals surface area (Å²) in [7, 11) is 0. The standard InChI is InChI=1S/C15H14BrFN2O/c16-12-6-7-14(17)11(8-12)9-19-15(20)10-18-13-4-2-1-3-5-13/h1-8,18H,9-10H2,(H,19,20). The minimum Gasteiger partial charge on any atom is -0.376 e. The molecule has 1 amide bonds. The number of hydrogen-bond acceptors (Lipinski definition) is 2. The van der Waals surface area contributed by atoms with Crippen molar-refractivity contribution in [2.24, 2.45) is 0 Å². The molecule has 0 spiro atoms. The van der Waals surface area contributed by atoms with Crippen molar-refractivity contribution in [1.29, 1.82) is 0 Å². The van der Waals surface area contributed by atoms with Crippen molar-refractivity contribution in [3.63, 3.8) is 0 Å². The van der Waals surface area contributed by atoms with Crippen LogP contribution in [0.1, 0.15) is 5.56 Å². The number of carbonyl (C=O) groups excluding carboxylic acids is 1. The van der Waals surface area contributed by atoms with Crippen molar-refractivity contribution in [1.82, 2.24) is 5.32 Å². The van der Waals surface area contributed by atoms with E-state index in [2.05, 4.69) is 26.6 Å². The first-order valence-corrected chi connectivity index (χ1v) is 6.94. The molecule has 3 nitrogen and oxygen atoms in total. The van der Waals surface area contributed by atoms with Crippen LogP contribution in [0.4, 0.5) is 10.1 Å². The van der Waals surface area contributed by atoms with Gasteiger partial charge in [0.15, 0.2) is 0 Å². The maximum Gasteiger partial charge on any atom is 0.239 e. The van der Waals surface area contributed by atoms with Crippen LogP contribution in [0.25, 0.3) is 0 Å². The van der Waals surface area contributed by atoms with Gasteiger partial charge in [-0.15, -0.1) is 0 Å². The Morgan fingerprint density at radius 3 is 2.65 bits per heavy atom. The Kier molecular flexibility index (Phi) is 5.12. The van der Waals surface area contributed by atoms with E-state index < -0.39 is 0 Å². The van der Waals surface area contributed by atoms with Crippen molar-refractivity contribution in [3.05, 3.63) is 64.4 Å². The molecule has 0 saturated carbocycles. The fraction of sp³-hybridized carbons (Fsp3) is 0.133. The SMILES string of the molecule is O=C(CNc1ccccc1)NCc1cc(Br)ccc1F. The molecule has 0 saturated heterocycles. The first kappa shape index (κ1) is 14.5. The second kappa shape index (κ2) is 7.05. The molecule has 0 bridgehead atoms. The number of carbonyl (C=O) groups is 1. The second-order valence-electron chi connectivity index (χ2n) is 4.23. The molecular weight excluding hydrogens is 323 g/mol. The molecule has 20 heavy (non-hydrogen) atoms. The average Bonchev–Trinajstić information content (AvgIpc) is 2.47. The molecule has 2 aromatic rings. The van der Waals surface area contributed by atoms with Crippen LogP contribution in [0, 0.1) is 5.82 Å². The molecule has 0 radical (unpaired) electrons. The third kappa shape index (κ3) is 4.35. The van der Waals surface area contributed by atoms with Gasteiger partial charge in [-0.2, -0.15) is 0 Å². The molecule has 2 rings (SSSR count). The molecule has 5 heteroatoms. The van der Waals surface area contributed by atoms with E-state index in [0.29, 0.717) is 5.56 Å². The van der Waals surface area contributed by atoms with Gasteiger partial charge in [-0.1, -0.05) is 34.1 Å². The number of para-hydroxylation sites is 1. The van der Waals surface area contributed by atoms with Crippen LogP contribution in [0.3, 0.4) is 0 Å². The van der Waals surface area contributed by atoms with Crippen LogP contribution in [-0.2, 0) is 11.3 Å². The minimum absolute atomic E-state index is 0.152. The van der Waals surface area contributed by atoms with Gasteiger partial charge >= 0.3 is 0 Å². The zero-order valence-electron chi connectivity index (χ0n) is 10.7. The van der Waals surface area contributed by atoms with E-state index >= 15 is 0 Å². The fourth-order valence-corrected chi connectivity index (χ4v) is 2.08. The molecular formula is C15H14BrFN2O. The maximum absolute atomic E-state index is 13.5. The molecule has 2 aromatic carbocycles. The van der Waals surface area contributed by atoms with Crippen molar-refractivity contribution in [2.75, 3.05) is 11.9 Å². The van der Waals surface area contributed by atoms with E-state index in [1.807, 2.05) is 30.3 Å². The van der Waals surface area contributed by atoms with Crippen molar-refractivity contribution in [2.45, 2.75) is 6.54 Å². The topological polar surface area (TPSA) is 41.1 Å². The monoisotopic (exact) mass is 336 g/mol. The van der Waals surface area contributed by atoms with E-state index in [0.717, 1.165) is 10.2 Å². The van der Waals surface area contributed by atoms with E-state index in [1.165, 1.54) is 6.07 Å². The van der Waals surface area contributed by atoms with E-state index in [-0.39, 0.29) is 24.8 Å². The zero-order valence-corrected chi connectivity index (χ0v) is 12.3. The summed E-state index contributed by atoms with van der Waals surface area (Å²) in [5.74, 6) is -0.516. The lowest BCUT2D eigenvalue weighted by Gasteiger charge is -2.08. The molecule has 0 aliphatic rings. The molecule has 0 fully saturated rings. The highest BCUT2D eigenvalue weighted by molar-refractivity contribution is 9.10. The Morgan fingerprint density at radius 1 is 1.15 bits per heavy atom. The third-order valence-corrected chi connectivity index (χ3v) is 3.20. The molecule has 0 aliphatic carbocycles. The quantitative estimate of drug-likeness (QED) is 0.879. The van der Waals surface area contributed by atoms with Crippen LogP contribution < -0.4 is 10.6 Å². The molecule has 104 valence electrons. The summed E-state index contributed by atoms with van der Waals surface area (Å²) < 4.78 is 14.3. The average molecular weight is 337 g/mol. The van der Waals surface area contributed by atoms with Crippen LogP contribution in [-0.4, -0.2) is 12.5 Å². The van der Waals surface area contributed by atoms with Crippen molar-refractivity contribution >= 4 is 27.5 Å². The summed E-state index contributed by atoms with van der Waals surface area (Å²) in [5, 5.41) is 5.67. The second-order valence-corrected chi connectivity index (χ2v) is 5.15. The Hall–Kier alpha value is -1.88. The summed E-state index contributed by atoms with van der Waals surface area (Å²) in [6.45, 7) is 0.320. The van der Waals surface area contributed by atoms with Gasteiger partial charge in [0.25, 0.3) is 0 Å². The van der Waals surface area contributed by atoms with Gasteiger partial charge in [-0.3, -0.25) is 4.79 Å². The largest absolute Gasteiger partial charge is 0.376 e. The first-order valence-electron chi connectivity index (χ1n) is 6.15. The van der Waals surface area contributed by atoms with Crippen LogP contribution in [0.15, 0.2) is 53.0 Å². The Morgan fingerprint density at radius 2 is 1.90 bits per heavy atom. The highest BCUT2D eigenvalue weighted by Crippen LogP contribution is 2.15. The van der Waals surface area contributed by atoms with Gasteiger partial charge in [0.05, 0.1) is 6.54 Å². The third-order valence-electron chi connectivity index (χ3n) is 2.71. The van der Waals surface area contributed by atoms with E-state index in [9.17, 15) is 9.18 Å².